The molecule has 2 heterocycles. The first-order valence-electron chi connectivity index (χ1n) is 9.43. The van der Waals surface area contributed by atoms with Crippen LogP contribution in [0.2, 0.25) is 0 Å². The number of hydrazone groups is 1. The quantitative estimate of drug-likeness (QED) is 0.298. The molecule has 4 rings (SSSR count). The number of fused-ring (bicyclic) bond motifs is 1. The van der Waals surface area contributed by atoms with Crippen LogP contribution in [0.15, 0.2) is 84.2 Å². The number of para-hydroxylation sites is 2. The van der Waals surface area contributed by atoms with E-state index in [9.17, 15) is 14.9 Å². The molecule has 0 aliphatic rings. The Labute approximate surface area is 177 Å². The Morgan fingerprint density at radius 3 is 2.48 bits per heavy atom. The first-order chi connectivity index (χ1) is 15.0. The molecule has 0 aliphatic carbocycles. The van der Waals surface area contributed by atoms with Crippen molar-refractivity contribution in [3.05, 3.63) is 100 Å². The van der Waals surface area contributed by atoms with E-state index in [4.69, 9.17) is 0 Å². The second-order valence-corrected chi connectivity index (χ2v) is 6.72. The van der Waals surface area contributed by atoms with E-state index in [1.54, 1.807) is 43.6 Å². The van der Waals surface area contributed by atoms with Crippen LogP contribution < -0.4 is 5.43 Å². The molecule has 0 spiro atoms. The smallest absolute Gasteiger partial charge is 0.267 e. The van der Waals surface area contributed by atoms with Crippen molar-refractivity contribution in [1.29, 1.82) is 0 Å². The molecule has 1 amide bonds. The number of hydrogen-bond acceptors (Lipinski definition) is 6. The molecule has 2 aromatic heterocycles. The lowest BCUT2D eigenvalue weighted by Crippen LogP contribution is -2.20. The van der Waals surface area contributed by atoms with E-state index < -0.39 is 10.8 Å². The van der Waals surface area contributed by atoms with Crippen LogP contribution in [0.1, 0.15) is 22.8 Å². The molecule has 0 saturated heterocycles. The minimum absolute atomic E-state index is 0.0765. The molecule has 0 atom stereocenters. The maximum atomic E-state index is 13.0. The van der Waals surface area contributed by atoms with Crippen molar-refractivity contribution in [3.8, 4) is 11.3 Å². The van der Waals surface area contributed by atoms with E-state index in [-0.39, 0.29) is 5.69 Å². The molecular formula is C23H17N5O3. The molecule has 4 aromatic rings. The van der Waals surface area contributed by atoms with Gasteiger partial charge in [-0.05, 0) is 37.3 Å². The van der Waals surface area contributed by atoms with Gasteiger partial charge in [-0.2, -0.15) is 5.10 Å². The maximum Gasteiger partial charge on any atom is 0.278 e. The topological polar surface area (TPSA) is 110 Å². The van der Waals surface area contributed by atoms with Crippen LogP contribution >= 0.6 is 0 Å². The van der Waals surface area contributed by atoms with Gasteiger partial charge in [0.1, 0.15) is 0 Å². The van der Waals surface area contributed by atoms with Crippen molar-refractivity contribution in [2.45, 2.75) is 6.92 Å². The summed E-state index contributed by atoms with van der Waals surface area (Å²) in [4.78, 5) is 32.4. The molecule has 31 heavy (non-hydrogen) atoms. The Morgan fingerprint density at radius 2 is 1.71 bits per heavy atom. The Morgan fingerprint density at radius 1 is 1.00 bits per heavy atom. The third-order valence-electron chi connectivity index (χ3n) is 4.75. The predicted molar refractivity (Wildman–Crippen MR) is 118 cm³/mol. The molecular weight excluding hydrogens is 394 g/mol. The van der Waals surface area contributed by atoms with Crippen LogP contribution in [0.5, 0.6) is 0 Å². The maximum absolute atomic E-state index is 13.0. The Kier molecular flexibility index (Phi) is 5.44. The molecule has 2 aromatic carbocycles. The second kappa shape index (κ2) is 8.50. The predicted octanol–water partition coefficient (Wildman–Crippen LogP) is 4.36. The summed E-state index contributed by atoms with van der Waals surface area (Å²) in [6.45, 7) is 1.61. The van der Waals surface area contributed by atoms with Gasteiger partial charge in [-0.25, -0.2) is 10.4 Å². The fourth-order valence-electron chi connectivity index (χ4n) is 3.23. The van der Waals surface area contributed by atoms with Crippen molar-refractivity contribution < 1.29 is 9.72 Å². The molecule has 1 N–H and O–H groups in total. The van der Waals surface area contributed by atoms with Crippen molar-refractivity contribution in [3.63, 3.8) is 0 Å². The zero-order valence-electron chi connectivity index (χ0n) is 16.5. The van der Waals surface area contributed by atoms with Crippen molar-refractivity contribution in [2.24, 2.45) is 5.10 Å². The molecule has 0 fully saturated rings. The summed E-state index contributed by atoms with van der Waals surface area (Å²) in [5.41, 5.74) is 5.63. The van der Waals surface area contributed by atoms with E-state index in [1.807, 2.05) is 36.4 Å². The summed E-state index contributed by atoms with van der Waals surface area (Å²) in [5.74, 6) is -0.438. The highest BCUT2D eigenvalue weighted by molar-refractivity contribution is 6.08. The van der Waals surface area contributed by atoms with Crippen LogP contribution in [0.4, 0.5) is 5.69 Å². The van der Waals surface area contributed by atoms with Crippen LogP contribution in [0.25, 0.3) is 22.2 Å². The van der Waals surface area contributed by atoms with Gasteiger partial charge in [-0.15, -0.1) is 0 Å². The molecule has 0 bridgehead atoms. The molecule has 0 radical (unpaired) electrons. The number of nitro groups is 1. The first kappa shape index (κ1) is 19.8. The van der Waals surface area contributed by atoms with Crippen molar-refractivity contribution in [1.82, 2.24) is 15.4 Å². The third-order valence-corrected chi connectivity index (χ3v) is 4.75. The Bertz CT molecular complexity index is 1320. The summed E-state index contributed by atoms with van der Waals surface area (Å²) in [6, 6.07) is 18.9. The van der Waals surface area contributed by atoms with E-state index in [0.717, 1.165) is 5.56 Å². The van der Waals surface area contributed by atoms with E-state index in [1.165, 1.54) is 6.07 Å². The number of amides is 1. The SMILES string of the molecule is C/C(=N/NC(=O)c1cc(-c2ccncc2)nc2ccccc12)c1ccccc1[N+](=O)[O-]. The van der Waals surface area contributed by atoms with Gasteiger partial charge in [0, 0.05) is 29.4 Å². The number of aromatic nitrogens is 2. The summed E-state index contributed by atoms with van der Waals surface area (Å²) in [7, 11) is 0. The highest BCUT2D eigenvalue weighted by atomic mass is 16.6. The number of rotatable bonds is 5. The normalized spacial score (nSPS) is 11.3. The van der Waals surface area contributed by atoms with Crippen LogP contribution in [-0.2, 0) is 0 Å². The number of carbonyl (C=O) groups is 1. The highest BCUT2D eigenvalue weighted by Crippen LogP contribution is 2.24. The Balaban J connectivity index is 1.71. The summed E-state index contributed by atoms with van der Waals surface area (Å²) >= 11 is 0. The minimum atomic E-state index is -0.479. The van der Waals surface area contributed by atoms with Gasteiger partial charge in [0.15, 0.2) is 0 Å². The number of nitrogens with zero attached hydrogens (tertiary/aromatic N) is 4. The van der Waals surface area contributed by atoms with E-state index >= 15 is 0 Å². The molecule has 152 valence electrons. The van der Waals surface area contributed by atoms with Gasteiger partial charge in [0.2, 0.25) is 0 Å². The van der Waals surface area contributed by atoms with E-state index in [2.05, 4.69) is 20.5 Å². The number of benzene rings is 2. The summed E-state index contributed by atoms with van der Waals surface area (Å²) in [5, 5.41) is 16.0. The molecule has 0 unspecified atom stereocenters. The average Bonchev–Trinajstić information content (AvgIpc) is 2.82. The van der Waals surface area contributed by atoms with Gasteiger partial charge < -0.3 is 0 Å². The van der Waals surface area contributed by atoms with Gasteiger partial charge in [0.05, 0.1) is 33.0 Å². The van der Waals surface area contributed by atoms with Crippen LogP contribution in [-0.4, -0.2) is 26.5 Å². The zero-order valence-corrected chi connectivity index (χ0v) is 16.5. The number of nitro benzene ring substituents is 1. The largest absolute Gasteiger partial charge is 0.278 e. The minimum Gasteiger partial charge on any atom is -0.267 e. The van der Waals surface area contributed by atoms with Gasteiger partial charge in [0.25, 0.3) is 11.6 Å². The first-order valence-corrected chi connectivity index (χ1v) is 9.43. The van der Waals surface area contributed by atoms with Crippen molar-refractivity contribution >= 4 is 28.2 Å². The van der Waals surface area contributed by atoms with Gasteiger partial charge in [-0.3, -0.25) is 19.9 Å². The number of hydrogen-bond donors (Lipinski definition) is 1. The van der Waals surface area contributed by atoms with Crippen molar-refractivity contribution in [2.75, 3.05) is 0 Å². The molecule has 8 nitrogen and oxygen atoms in total. The lowest BCUT2D eigenvalue weighted by Gasteiger charge is -2.09. The standard InChI is InChI=1S/C23H17N5O3/c1-15(17-6-3-5-9-22(17)28(30)31)26-27-23(29)19-14-21(16-10-12-24-13-11-16)25-20-8-4-2-7-18(19)20/h2-14H,1H3,(H,27,29)/b26-15-. The van der Waals surface area contributed by atoms with Gasteiger partial charge >= 0.3 is 0 Å². The Hall–Kier alpha value is -4.46. The van der Waals surface area contributed by atoms with E-state index in [0.29, 0.717) is 33.4 Å². The number of pyridine rings is 2. The summed E-state index contributed by atoms with van der Waals surface area (Å²) < 4.78 is 0. The lowest BCUT2D eigenvalue weighted by atomic mass is 10.0. The zero-order chi connectivity index (χ0) is 21.8. The highest BCUT2D eigenvalue weighted by Gasteiger charge is 2.17. The van der Waals surface area contributed by atoms with Gasteiger partial charge in [-0.1, -0.05) is 30.3 Å². The van der Waals surface area contributed by atoms with Crippen LogP contribution in [0, 0.1) is 10.1 Å². The molecule has 8 heteroatoms. The molecule has 0 aliphatic heterocycles. The number of nitrogens with one attached hydrogen (secondary N) is 1. The fourth-order valence-corrected chi connectivity index (χ4v) is 3.23. The second-order valence-electron chi connectivity index (χ2n) is 6.72. The average molecular weight is 411 g/mol. The third kappa shape index (κ3) is 4.13. The fraction of sp³-hybridized carbons (Fsp3) is 0.0435. The van der Waals surface area contributed by atoms with Crippen LogP contribution in [0.3, 0.4) is 0 Å². The summed E-state index contributed by atoms with van der Waals surface area (Å²) in [6.07, 6.45) is 3.32. The monoisotopic (exact) mass is 411 g/mol. The number of carbonyl (C=O) groups excluding carboxylic acids is 1. The lowest BCUT2D eigenvalue weighted by molar-refractivity contribution is -0.385. The molecule has 0 saturated carbocycles.